The van der Waals surface area contributed by atoms with Gasteiger partial charge in [0, 0.05) is 18.4 Å². The summed E-state index contributed by atoms with van der Waals surface area (Å²) in [5, 5.41) is 2.83. The molecule has 0 saturated carbocycles. The first kappa shape index (κ1) is 14.7. The lowest BCUT2D eigenvalue weighted by Gasteiger charge is -2.21. The quantitative estimate of drug-likeness (QED) is 0.828. The summed E-state index contributed by atoms with van der Waals surface area (Å²) in [6, 6.07) is 14.6. The molecule has 0 bridgehead atoms. The maximum Gasteiger partial charge on any atom is 0.243 e. The molecule has 5 nitrogen and oxygen atoms in total. The summed E-state index contributed by atoms with van der Waals surface area (Å²) < 4.78 is 5.29. The Morgan fingerprint density at radius 1 is 1.19 bits per heavy atom. The second kappa shape index (κ2) is 6.65. The van der Waals surface area contributed by atoms with Gasteiger partial charge in [0.25, 0.3) is 0 Å². The number of anilines is 3. The minimum Gasteiger partial charge on any atom is -0.495 e. The van der Waals surface area contributed by atoms with Crippen LogP contribution < -0.4 is 20.7 Å². The summed E-state index contributed by atoms with van der Waals surface area (Å²) in [6.45, 7) is 0.227. The molecule has 1 amide bonds. The van der Waals surface area contributed by atoms with Crippen LogP contribution in [0.15, 0.2) is 48.5 Å². The Hall–Kier alpha value is -2.69. The van der Waals surface area contributed by atoms with Gasteiger partial charge < -0.3 is 20.7 Å². The number of nitrogens with two attached hydrogens (primary N) is 1. The number of carbonyl (C=O) groups excluding carboxylic acids is 1. The van der Waals surface area contributed by atoms with Crippen molar-refractivity contribution in [1.82, 2.24) is 0 Å². The van der Waals surface area contributed by atoms with Crippen LogP contribution in [-0.4, -0.2) is 26.6 Å². The van der Waals surface area contributed by atoms with Crippen LogP contribution in [0.2, 0.25) is 0 Å². The number of carbonyl (C=O) groups is 1. The van der Waals surface area contributed by atoms with E-state index in [9.17, 15) is 4.79 Å². The minimum atomic E-state index is -0.104. The van der Waals surface area contributed by atoms with Crippen LogP contribution in [0.3, 0.4) is 0 Å². The summed E-state index contributed by atoms with van der Waals surface area (Å²) >= 11 is 0. The number of para-hydroxylation sites is 2. The number of rotatable bonds is 5. The summed E-state index contributed by atoms with van der Waals surface area (Å²) in [4.78, 5) is 13.9. The fraction of sp³-hybridized carbons (Fsp3) is 0.188. The van der Waals surface area contributed by atoms with E-state index in [-0.39, 0.29) is 12.5 Å². The van der Waals surface area contributed by atoms with E-state index in [1.165, 1.54) is 0 Å². The monoisotopic (exact) mass is 285 g/mol. The van der Waals surface area contributed by atoms with Crippen LogP contribution in [0.5, 0.6) is 5.75 Å². The average molecular weight is 285 g/mol. The molecule has 0 heterocycles. The van der Waals surface area contributed by atoms with Gasteiger partial charge in [0.05, 0.1) is 19.3 Å². The van der Waals surface area contributed by atoms with Crippen LogP contribution in [0, 0.1) is 0 Å². The van der Waals surface area contributed by atoms with Crippen molar-refractivity contribution in [2.75, 3.05) is 36.7 Å². The number of methoxy groups -OCH3 is 1. The summed E-state index contributed by atoms with van der Waals surface area (Å²) in [5.74, 6) is 0.633. The van der Waals surface area contributed by atoms with E-state index in [0.717, 1.165) is 17.1 Å². The van der Waals surface area contributed by atoms with Crippen molar-refractivity contribution >= 4 is 23.0 Å². The Morgan fingerprint density at radius 2 is 1.86 bits per heavy atom. The topological polar surface area (TPSA) is 67.6 Å². The Bertz CT molecular complexity index is 611. The number of hydrogen-bond acceptors (Lipinski definition) is 4. The van der Waals surface area contributed by atoms with Gasteiger partial charge >= 0.3 is 0 Å². The van der Waals surface area contributed by atoms with Crippen LogP contribution in [-0.2, 0) is 4.79 Å². The molecule has 2 aromatic carbocycles. The minimum absolute atomic E-state index is 0.104. The number of ether oxygens (including phenoxy) is 1. The van der Waals surface area contributed by atoms with Crippen molar-refractivity contribution in [1.29, 1.82) is 0 Å². The van der Waals surface area contributed by atoms with Crippen LogP contribution in [0.4, 0.5) is 17.1 Å². The van der Waals surface area contributed by atoms with Crippen molar-refractivity contribution in [2.24, 2.45) is 0 Å². The van der Waals surface area contributed by atoms with Crippen molar-refractivity contribution < 1.29 is 9.53 Å². The fourth-order valence-corrected chi connectivity index (χ4v) is 2.01. The van der Waals surface area contributed by atoms with E-state index in [1.807, 2.05) is 36.2 Å². The molecule has 21 heavy (non-hydrogen) atoms. The molecule has 2 aromatic rings. The molecule has 0 fully saturated rings. The molecule has 0 aromatic heterocycles. The highest BCUT2D eigenvalue weighted by Gasteiger charge is 2.11. The summed E-state index contributed by atoms with van der Waals surface area (Å²) in [7, 11) is 3.46. The predicted molar refractivity (Wildman–Crippen MR) is 85.7 cm³/mol. The maximum atomic E-state index is 12.1. The Morgan fingerprint density at radius 3 is 2.52 bits per heavy atom. The first-order chi connectivity index (χ1) is 10.1. The van der Waals surface area contributed by atoms with Gasteiger partial charge in [0.2, 0.25) is 5.91 Å². The maximum absolute atomic E-state index is 12.1. The smallest absolute Gasteiger partial charge is 0.243 e. The number of amides is 1. The summed E-state index contributed by atoms with van der Waals surface area (Å²) in [6.07, 6.45) is 0. The van der Waals surface area contributed by atoms with E-state index in [1.54, 1.807) is 31.4 Å². The number of hydrogen-bond donors (Lipinski definition) is 2. The van der Waals surface area contributed by atoms with Gasteiger partial charge in [-0.15, -0.1) is 0 Å². The number of nitrogen functional groups attached to an aromatic ring is 1. The van der Waals surface area contributed by atoms with Gasteiger partial charge in [-0.2, -0.15) is 0 Å². The fourth-order valence-electron chi connectivity index (χ4n) is 2.01. The second-order valence-electron chi connectivity index (χ2n) is 4.70. The number of benzene rings is 2. The van der Waals surface area contributed by atoms with E-state index in [2.05, 4.69) is 5.32 Å². The van der Waals surface area contributed by atoms with E-state index in [0.29, 0.717) is 5.69 Å². The van der Waals surface area contributed by atoms with Gasteiger partial charge in [-0.25, -0.2) is 0 Å². The largest absolute Gasteiger partial charge is 0.495 e. The lowest BCUT2D eigenvalue weighted by atomic mass is 10.2. The Kier molecular flexibility index (Phi) is 4.66. The lowest BCUT2D eigenvalue weighted by molar-refractivity contribution is -0.114. The lowest BCUT2D eigenvalue weighted by Crippen LogP contribution is -2.30. The van der Waals surface area contributed by atoms with Crippen molar-refractivity contribution in [3.05, 3.63) is 48.5 Å². The van der Waals surface area contributed by atoms with E-state index >= 15 is 0 Å². The first-order valence-electron chi connectivity index (χ1n) is 6.59. The van der Waals surface area contributed by atoms with Gasteiger partial charge in [0.1, 0.15) is 5.75 Å². The number of nitrogens with one attached hydrogen (secondary N) is 1. The normalized spacial score (nSPS) is 10.0. The van der Waals surface area contributed by atoms with Crippen LogP contribution >= 0.6 is 0 Å². The zero-order valence-electron chi connectivity index (χ0n) is 12.2. The van der Waals surface area contributed by atoms with Crippen molar-refractivity contribution in [2.45, 2.75) is 0 Å². The van der Waals surface area contributed by atoms with Gasteiger partial charge in [-0.1, -0.05) is 12.1 Å². The number of likely N-dealkylation sites (N-methyl/N-ethyl adjacent to an activating group) is 1. The molecule has 0 aliphatic heterocycles. The third-order valence-electron chi connectivity index (χ3n) is 3.07. The highest BCUT2D eigenvalue weighted by molar-refractivity contribution is 5.94. The van der Waals surface area contributed by atoms with Crippen LogP contribution in [0.25, 0.3) is 0 Å². The third-order valence-corrected chi connectivity index (χ3v) is 3.07. The van der Waals surface area contributed by atoms with Crippen molar-refractivity contribution in [3.63, 3.8) is 0 Å². The van der Waals surface area contributed by atoms with Gasteiger partial charge in [0.15, 0.2) is 0 Å². The molecule has 0 radical (unpaired) electrons. The Labute approximate surface area is 124 Å². The zero-order chi connectivity index (χ0) is 15.2. The standard InChI is InChI=1S/C16H19N3O2/c1-19(14-5-3-4-6-15(14)21-2)11-16(20)18-13-9-7-12(17)8-10-13/h3-10H,11,17H2,1-2H3,(H,18,20). The molecule has 0 unspecified atom stereocenters. The zero-order valence-corrected chi connectivity index (χ0v) is 12.2. The third kappa shape index (κ3) is 3.89. The molecule has 0 saturated heterocycles. The SMILES string of the molecule is COc1ccccc1N(C)CC(=O)Nc1ccc(N)cc1. The molecule has 0 aliphatic rings. The molecule has 0 atom stereocenters. The molecule has 110 valence electrons. The second-order valence-corrected chi connectivity index (χ2v) is 4.70. The molecule has 2 rings (SSSR count). The van der Waals surface area contributed by atoms with E-state index in [4.69, 9.17) is 10.5 Å². The molecule has 0 aliphatic carbocycles. The number of nitrogens with zero attached hydrogens (tertiary/aromatic N) is 1. The van der Waals surface area contributed by atoms with Gasteiger partial charge in [-0.3, -0.25) is 4.79 Å². The van der Waals surface area contributed by atoms with Crippen molar-refractivity contribution in [3.8, 4) is 5.75 Å². The van der Waals surface area contributed by atoms with E-state index < -0.39 is 0 Å². The molecule has 5 heteroatoms. The Balaban J connectivity index is 2.00. The predicted octanol–water partition coefficient (Wildman–Crippen LogP) is 2.35. The molecule has 3 N–H and O–H groups in total. The van der Waals surface area contributed by atoms with Gasteiger partial charge in [-0.05, 0) is 36.4 Å². The highest BCUT2D eigenvalue weighted by atomic mass is 16.5. The average Bonchev–Trinajstić information content (AvgIpc) is 2.49. The summed E-state index contributed by atoms with van der Waals surface area (Å²) in [5.41, 5.74) is 7.87. The van der Waals surface area contributed by atoms with Crippen LogP contribution in [0.1, 0.15) is 0 Å². The molecule has 0 spiro atoms. The molecular formula is C16H19N3O2. The highest BCUT2D eigenvalue weighted by Crippen LogP contribution is 2.26. The first-order valence-corrected chi connectivity index (χ1v) is 6.59. The molecular weight excluding hydrogens is 266 g/mol.